The number of hydrogen-bond donors (Lipinski definition) is 2. The molecule has 0 aromatic heterocycles. The van der Waals surface area contributed by atoms with Crippen LogP contribution in [0.25, 0.3) is 0 Å². The summed E-state index contributed by atoms with van der Waals surface area (Å²) in [5, 5.41) is 8.38. The number of carboxylic acid groups (broad SMARTS) is 1. The molecule has 116 valence electrons. The topological polar surface area (TPSA) is 63.3 Å². The molecule has 0 amide bonds. The van der Waals surface area contributed by atoms with Crippen molar-refractivity contribution in [3.8, 4) is 0 Å². The van der Waals surface area contributed by atoms with Gasteiger partial charge < -0.3 is 10.8 Å². The normalized spacial score (nSPS) is 9.95. The van der Waals surface area contributed by atoms with Crippen LogP contribution in [0.3, 0.4) is 0 Å². The van der Waals surface area contributed by atoms with E-state index in [1.165, 1.54) is 51.0 Å². The average molecular weight is 314 g/mol. The molecule has 5 heteroatoms. The van der Waals surface area contributed by atoms with Crippen LogP contribution < -0.4 is 5.73 Å². The number of aliphatic carboxylic acids is 1. The first-order chi connectivity index (χ1) is 8.27. The van der Waals surface area contributed by atoms with Gasteiger partial charge in [-0.25, -0.2) is 4.79 Å². The standard InChI is InChI=1S/C14H27NO2.2ClH/c15-13-11-9-7-5-3-1-2-4-6-8-10-12-14(16)17;;/h10,12H,1-9,11,13,15H2,(H,16,17);2*1H/b12-10+;;. The van der Waals surface area contributed by atoms with E-state index in [2.05, 4.69) is 0 Å². The second kappa shape index (κ2) is 20.1. The van der Waals surface area contributed by atoms with Gasteiger partial charge in [0.25, 0.3) is 0 Å². The fraction of sp³-hybridized carbons (Fsp3) is 0.786. The molecule has 0 aliphatic rings. The Balaban J connectivity index is -0.00000128. The van der Waals surface area contributed by atoms with Crippen LogP contribution in [0.4, 0.5) is 0 Å². The van der Waals surface area contributed by atoms with E-state index in [4.69, 9.17) is 10.8 Å². The van der Waals surface area contributed by atoms with E-state index in [0.29, 0.717) is 0 Å². The SMILES string of the molecule is Cl.Cl.NCCCCCCCCCCC/C=C/C(=O)O. The summed E-state index contributed by atoms with van der Waals surface area (Å²) in [5.41, 5.74) is 5.43. The number of carbonyl (C=O) groups is 1. The Morgan fingerprint density at radius 3 is 1.68 bits per heavy atom. The number of hydrogen-bond acceptors (Lipinski definition) is 2. The maximum atomic E-state index is 10.2. The molecular weight excluding hydrogens is 285 g/mol. The second-order valence-corrected chi connectivity index (χ2v) is 4.50. The molecule has 0 aliphatic heterocycles. The zero-order valence-electron chi connectivity index (χ0n) is 11.7. The first-order valence-electron chi connectivity index (χ1n) is 6.87. The molecule has 3 N–H and O–H groups in total. The highest BCUT2D eigenvalue weighted by atomic mass is 35.5. The molecule has 0 spiro atoms. The molecule has 0 rings (SSSR count). The number of nitrogens with two attached hydrogens (primary N) is 1. The third-order valence-corrected chi connectivity index (χ3v) is 2.84. The summed E-state index contributed by atoms with van der Waals surface area (Å²) in [6.45, 7) is 0.823. The van der Waals surface area contributed by atoms with Gasteiger partial charge in [-0.2, -0.15) is 0 Å². The number of halogens is 2. The molecule has 0 aromatic rings. The first kappa shape index (κ1) is 23.8. The van der Waals surface area contributed by atoms with Crippen molar-refractivity contribution >= 4 is 30.8 Å². The van der Waals surface area contributed by atoms with Gasteiger partial charge in [-0.15, -0.1) is 24.8 Å². The molecule has 0 aliphatic carbocycles. The lowest BCUT2D eigenvalue weighted by Crippen LogP contribution is -1.97. The smallest absolute Gasteiger partial charge is 0.327 e. The maximum Gasteiger partial charge on any atom is 0.327 e. The van der Waals surface area contributed by atoms with E-state index >= 15 is 0 Å². The maximum absolute atomic E-state index is 10.2. The fourth-order valence-electron chi connectivity index (χ4n) is 1.83. The molecule has 0 heterocycles. The van der Waals surface area contributed by atoms with Gasteiger partial charge in [0.2, 0.25) is 0 Å². The molecule has 0 atom stereocenters. The summed E-state index contributed by atoms with van der Waals surface area (Å²) in [6.07, 6.45) is 15.2. The number of unbranched alkanes of at least 4 members (excludes halogenated alkanes) is 9. The lowest BCUT2D eigenvalue weighted by atomic mass is 10.1. The van der Waals surface area contributed by atoms with Crippen LogP contribution >= 0.6 is 24.8 Å². The van der Waals surface area contributed by atoms with E-state index < -0.39 is 5.97 Å². The quantitative estimate of drug-likeness (QED) is 0.416. The van der Waals surface area contributed by atoms with Crippen LogP contribution in [0.15, 0.2) is 12.2 Å². The summed E-state index contributed by atoms with van der Waals surface area (Å²) in [6, 6.07) is 0. The molecule has 0 unspecified atom stereocenters. The van der Waals surface area contributed by atoms with Crippen molar-refractivity contribution in [1.82, 2.24) is 0 Å². The zero-order valence-corrected chi connectivity index (χ0v) is 13.3. The van der Waals surface area contributed by atoms with Gasteiger partial charge in [-0.1, -0.05) is 51.0 Å². The van der Waals surface area contributed by atoms with E-state index in [1.807, 2.05) is 0 Å². The molecule has 0 saturated carbocycles. The van der Waals surface area contributed by atoms with Crippen molar-refractivity contribution in [3.05, 3.63) is 12.2 Å². The van der Waals surface area contributed by atoms with E-state index in [-0.39, 0.29) is 24.8 Å². The monoisotopic (exact) mass is 313 g/mol. The first-order valence-corrected chi connectivity index (χ1v) is 6.87. The number of allylic oxidation sites excluding steroid dienone is 1. The Bertz CT molecular complexity index is 212. The van der Waals surface area contributed by atoms with Crippen molar-refractivity contribution in [2.75, 3.05) is 6.54 Å². The van der Waals surface area contributed by atoms with Gasteiger partial charge in [0.05, 0.1) is 0 Å². The molecule has 3 nitrogen and oxygen atoms in total. The van der Waals surface area contributed by atoms with Gasteiger partial charge in [-0.05, 0) is 25.8 Å². The summed E-state index contributed by atoms with van der Waals surface area (Å²) >= 11 is 0. The Morgan fingerprint density at radius 1 is 0.842 bits per heavy atom. The molecule has 19 heavy (non-hydrogen) atoms. The van der Waals surface area contributed by atoms with Crippen LogP contribution in [0, 0.1) is 0 Å². The lowest BCUT2D eigenvalue weighted by Gasteiger charge is -2.01. The van der Waals surface area contributed by atoms with Crippen LogP contribution in [-0.2, 0) is 4.79 Å². The minimum atomic E-state index is -0.845. The van der Waals surface area contributed by atoms with Crippen molar-refractivity contribution in [2.24, 2.45) is 5.73 Å². The highest BCUT2D eigenvalue weighted by molar-refractivity contribution is 5.85. The van der Waals surface area contributed by atoms with E-state index in [9.17, 15) is 4.79 Å². The van der Waals surface area contributed by atoms with Crippen LogP contribution in [-0.4, -0.2) is 17.6 Å². The van der Waals surface area contributed by atoms with Gasteiger partial charge in [-0.3, -0.25) is 0 Å². The average Bonchev–Trinajstić information content (AvgIpc) is 2.30. The molecular formula is C14H29Cl2NO2. The largest absolute Gasteiger partial charge is 0.478 e. The predicted octanol–water partition coefficient (Wildman–Crippen LogP) is 4.33. The third kappa shape index (κ3) is 23.3. The molecule has 0 radical (unpaired) electrons. The summed E-state index contributed by atoms with van der Waals surface area (Å²) in [7, 11) is 0. The molecule has 0 aromatic carbocycles. The Kier molecular flexibility index (Phi) is 25.2. The second-order valence-electron chi connectivity index (χ2n) is 4.50. The summed E-state index contributed by atoms with van der Waals surface area (Å²) in [5.74, 6) is -0.845. The third-order valence-electron chi connectivity index (χ3n) is 2.84. The van der Waals surface area contributed by atoms with Crippen molar-refractivity contribution in [2.45, 2.75) is 64.2 Å². The Morgan fingerprint density at radius 2 is 1.26 bits per heavy atom. The number of rotatable bonds is 12. The summed E-state index contributed by atoms with van der Waals surface area (Å²) in [4.78, 5) is 10.2. The van der Waals surface area contributed by atoms with Gasteiger partial charge in [0, 0.05) is 6.08 Å². The number of carboxylic acids is 1. The highest BCUT2D eigenvalue weighted by Crippen LogP contribution is 2.10. The van der Waals surface area contributed by atoms with Crippen LogP contribution in [0.1, 0.15) is 64.2 Å². The predicted molar refractivity (Wildman–Crippen MR) is 86.5 cm³/mol. The minimum Gasteiger partial charge on any atom is -0.478 e. The summed E-state index contributed by atoms with van der Waals surface area (Å²) < 4.78 is 0. The fourth-order valence-corrected chi connectivity index (χ4v) is 1.83. The van der Waals surface area contributed by atoms with Gasteiger partial charge >= 0.3 is 5.97 Å². The Labute approximate surface area is 129 Å². The molecule has 0 saturated heterocycles. The van der Waals surface area contributed by atoms with Crippen molar-refractivity contribution in [3.63, 3.8) is 0 Å². The van der Waals surface area contributed by atoms with Crippen molar-refractivity contribution in [1.29, 1.82) is 0 Å². The lowest BCUT2D eigenvalue weighted by molar-refractivity contribution is -0.131. The van der Waals surface area contributed by atoms with Crippen LogP contribution in [0.5, 0.6) is 0 Å². The van der Waals surface area contributed by atoms with Gasteiger partial charge in [0.1, 0.15) is 0 Å². The highest BCUT2D eigenvalue weighted by Gasteiger charge is 1.92. The Hall–Kier alpha value is -0.250. The van der Waals surface area contributed by atoms with E-state index in [1.54, 1.807) is 6.08 Å². The van der Waals surface area contributed by atoms with Gasteiger partial charge in [0.15, 0.2) is 0 Å². The minimum absolute atomic E-state index is 0. The van der Waals surface area contributed by atoms with Crippen LogP contribution in [0.2, 0.25) is 0 Å². The van der Waals surface area contributed by atoms with E-state index in [0.717, 1.165) is 25.8 Å². The zero-order chi connectivity index (χ0) is 12.8. The van der Waals surface area contributed by atoms with Crippen molar-refractivity contribution < 1.29 is 9.90 Å². The molecule has 0 fully saturated rings. The molecule has 0 bridgehead atoms.